The van der Waals surface area contributed by atoms with Crippen molar-refractivity contribution in [3.05, 3.63) is 12.2 Å². The van der Waals surface area contributed by atoms with Crippen LogP contribution < -0.4 is 0 Å². The van der Waals surface area contributed by atoms with Crippen LogP contribution in [0.15, 0.2) is 12.2 Å². The van der Waals surface area contributed by atoms with E-state index in [1.54, 1.807) is 56.0 Å². The first kappa shape index (κ1) is 53.1. The number of methoxy groups -OCH3 is 3. The molecule has 17 heteroatoms. The van der Waals surface area contributed by atoms with Crippen molar-refractivity contribution in [2.45, 2.75) is 185 Å². The van der Waals surface area contributed by atoms with Gasteiger partial charge in [-0.2, -0.15) is 0 Å². The fourth-order valence-electron chi connectivity index (χ4n) is 9.05. The van der Waals surface area contributed by atoms with Crippen molar-refractivity contribution in [3.8, 4) is 0 Å². The van der Waals surface area contributed by atoms with Crippen LogP contribution in [-0.2, 0) is 61.8 Å². The molecule has 0 saturated carbocycles. The van der Waals surface area contributed by atoms with Gasteiger partial charge < -0.3 is 67.4 Å². The van der Waals surface area contributed by atoms with Gasteiger partial charge in [-0.25, -0.2) is 0 Å². The summed E-state index contributed by atoms with van der Waals surface area (Å²) in [4.78, 5) is 42.6. The van der Waals surface area contributed by atoms with Gasteiger partial charge in [-0.05, 0) is 80.1 Å². The van der Waals surface area contributed by atoms with Crippen LogP contribution >= 0.6 is 0 Å². The number of esters is 3. The van der Waals surface area contributed by atoms with Crippen LogP contribution in [0.25, 0.3) is 0 Å². The van der Waals surface area contributed by atoms with E-state index in [-0.39, 0.29) is 37.1 Å². The van der Waals surface area contributed by atoms with Crippen molar-refractivity contribution in [2.24, 2.45) is 17.8 Å². The highest BCUT2D eigenvalue weighted by Gasteiger charge is 2.53. The average molecular weight is 875 g/mol. The maximum absolute atomic E-state index is 13.5. The molecule has 0 aromatic heterocycles. The van der Waals surface area contributed by atoms with E-state index in [4.69, 9.17) is 47.4 Å². The number of likely N-dealkylation sites (N-methyl/N-ethyl adjacent to an activating group) is 2. The largest absolute Gasteiger partial charge is 0.462 e. The average Bonchev–Trinajstić information content (AvgIpc) is 3.13. The lowest BCUT2D eigenvalue weighted by Gasteiger charge is -2.50. The Labute approximate surface area is 363 Å². The van der Waals surface area contributed by atoms with Crippen LogP contribution in [0.3, 0.4) is 0 Å². The molecule has 17 nitrogen and oxygen atoms in total. The summed E-state index contributed by atoms with van der Waals surface area (Å²) in [7, 11) is 12.1. The maximum Gasteiger partial charge on any atom is 0.309 e. The van der Waals surface area contributed by atoms with Gasteiger partial charge in [-0.1, -0.05) is 32.9 Å². The van der Waals surface area contributed by atoms with Gasteiger partial charge in [0.15, 0.2) is 25.0 Å². The summed E-state index contributed by atoms with van der Waals surface area (Å²) in [6.45, 7) is 14.1. The Morgan fingerprint density at radius 3 is 2.13 bits per heavy atom. The van der Waals surface area contributed by atoms with Crippen molar-refractivity contribution < 1.29 is 72.0 Å². The van der Waals surface area contributed by atoms with Gasteiger partial charge in [0.25, 0.3) is 0 Å². The molecule has 2 fully saturated rings. The number of ether oxygens (including phenoxy) is 10. The number of hydrogen-bond donors (Lipinski definition) is 2. The second-order valence-electron chi connectivity index (χ2n) is 18.3. The topological polar surface area (TPSA) is 190 Å². The van der Waals surface area contributed by atoms with Gasteiger partial charge in [-0.15, -0.1) is 0 Å². The normalized spacial score (nSPS) is 38.9. The van der Waals surface area contributed by atoms with Gasteiger partial charge in [-0.3, -0.25) is 14.4 Å². The lowest BCUT2D eigenvalue weighted by Crippen LogP contribution is -2.66. The maximum atomic E-state index is 13.5. The minimum atomic E-state index is -1.48. The highest BCUT2D eigenvalue weighted by atomic mass is 16.7. The quantitative estimate of drug-likeness (QED) is 0.105. The number of aliphatic hydroxyl groups is 2. The van der Waals surface area contributed by atoms with Gasteiger partial charge >= 0.3 is 17.9 Å². The first-order chi connectivity index (χ1) is 28.5. The summed E-state index contributed by atoms with van der Waals surface area (Å²) in [5.74, 6) is -1.99. The molecule has 3 heterocycles. The standard InChI is InChI=1S/C44H78N2O15/c1-24(2)19-33(48)59-42-28(6)56-36(23-44(42,8)51)60-39-27(5)57-43(38(50)37(39)46(11)12)61-40-30(21-35(52-13)53-14)20-25(3)31(45(9)10)18-16-17-26(4)55-34(49)22-32(41(40)54-15)58-29(7)47/h16,18,24-28,30-32,35-43,50-51H,17,19-23H2,1-15H3/b18-16+/t25-,26-,27-,28+,30-,31+,32-,36+,37-,38-,39?,40+,41+,42+,43+,44-/m1/s1. The molecule has 0 spiro atoms. The molecule has 2 N–H and O–H groups in total. The molecule has 1 unspecified atom stereocenters. The van der Waals surface area contributed by atoms with E-state index in [1.165, 1.54) is 14.0 Å². The third kappa shape index (κ3) is 15.2. The number of rotatable bonds is 15. The van der Waals surface area contributed by atoms with Crippen molar-refractivity contribution in [2.75, 3.05) is 49.5 Å². The van der Waals surface area contributed by atoms with E-state index in [0.29, 0.717) is 19.3 Å². The van der Waals surface area contributed by atoms with Crippen LogP contribution in [0.1, 0.15) is 93.9 Å². The molecular formula is C44H78N2O15. The minimum Gasteiger partial charge on any atom is -0.462 e. The zero-order valence-electron chi connectivity index (χ0n) is 39.3. The third-order valence-corrected chi connectivity index (χ3v) is 11.9. The number of carbonyl (C=O) groups excluding carboxylic acids is 3. The Balaban J connectivity index is 2.06. The molecule has 0 aliphatic carbocycles. The second-order valence-corrected chi connectivity index (χ2v) is 18.3. The van der Waals surface area contributed by atoms with Crippen molar-refractivity contribution >= 4 is 17.9 Å². The van der Waals surface area contributed by atoms with E-state index < -0.39 is 109 Å². The number of hydrogen-bond acceptors (Lipinski definition) is 17. The minimum absolute atomic E-state index is 0.0130. The molecule has 0 radical (unpaired) electrons. The van der Waals surface area contributed by atoms with E-state index in [9.17, 15) is 24.6 Å². The van der Waals surface area contributed by atoms with E-state index >= 15 is 0 Å². The summed E-state index contributed by atoms with van der Waals surface area (Å²) >= 11 is 0. The van der Waals surface area contributed by atoms with Crippen LogP contribution in [0, 0.1) is 17.8 Å². The van der Waals surface area contributed by atoms with Crippen LogP contribution in [0.4, 0.5) is 0 Å². The van der Waals surface area contributed by atoms with E-state index in [1.807, 2.05) is 38.9 Å². The number of carbonyl (C=O) groups is 3. The number of cyclic esters (lactones) is 1. The molecule has 0 bridgehead atoms. The highest BCUT2D eigenvalue weighted by Crippen LogP contribution is 2.38. The van der Waals surface area contributed by atoms with Crippen LogP contribution in [0.5, 0.6) is 0 Å². The molecule has 3 aliphatic rings. The predicted octanol–water partition coefficient (Wildman–Crippen LogP) is 3.45. The summed E-state index contributed by atoms with van der Waals surface area (Å²) in [5, 5.41) is 23.8. The van der Waals surface area contributed by atoms with Crippen LogP contribution in [-0.4, -0.2) is 179 Å². The SMILES string of the molecule is COC(C[C@H]1C[C@@H](C)[C@@H](N(C)C)/C=C/C[C@@H](C)OC(=O)C[C@@H](OC(C)=O)[C@H](OC)[C@H]1O[C@@H]1O[C@H](C)C(O[C@H]2C[C@@](C)(O)[C@@H](OC(=O)CC(C)C)[C@H](C)O2)[C@H](N(C)C)[C@H]1O)OC. The monoisotopic (exact) mass is 875 g/mol. The van der Waals surface area contributed by atoms with E-state index in [2.05, 4.69) is 17.9 Å². The molecule has 0 aromatic carbocycles. The van der Waals surface area contributed by atoms with Crippen LogP contribution in [0.2, 0.25) is 0 Å². The summed E-state index contributed by atoms with van der Waals surface area (Å²) < 4.78 is 61.1. The Morgan fingerprint density at radius 2 is 1.59 bits per heavy atom. The van der Waals surface area contributed by atoms with E-state index in [0.717, 1.165) is 0 Å². The van der Waals surface area contributed by atoms with Gasteiger partial charge in [0.05, 0.1) is 30.8 Å². The van der Waals surface area contributed by atoms with Crippen molar-refractivity contribution in [3.63, 3.8) is 0 Å². The van der Waals surface area contributed by atoms with Gasteiger partial charge in [0.2, 0.25) is 0 Å². The summed E-state index contributed by atoms with van der Waals surface area (Å²) in [6.07, 6.45) is -5.70. The Morgan fingerprint density at radius 1 is 0.934 bits per heavy atom. The fraction of sp³-hybridized carbons (Fsp3) is 0.886. The van der Waals surface area contributed by atoms with Gasteiger partial charge in [0, 0.05) is 60.0 Å². The first-order valence-corrected chi connectivity index (χ1v) is 21.7. The molecular weight excluding hydrogens is 796 g/mol. The lowest BCUT2D eigenvalue weighted by molar-refractivity contribution is -0.345. The first-order valence-electron chi connectivity index (χ1n) is 21.7. The Bertz CT molecular complexity index is 1390. The predicted molar refractivity (Wildman–Crippen MR) is 224 cm³/mol. The molecule has 354 valence electrons. The molecule has 0 amide bonds. The van der Waals surface area contributed by atoms with Gasteiger partial charge in [0.1, 0.15) is 36.1 Å². The lowest BCUT2D eigenvalue weighted by atomic mass is 9.81. The van der Waals surface area contributed by atoms with Crippen molar-refractivity contribution in [1.82, 2.24) is 9.80 Å². The molecule has 0 aromatic rings. The number of aliphatic hydroxyl groups excluding tert-OH is 1. The Kier molecular flexibility index (Phi) is 21.0. The number of nitrogens with zero attached hydrogens (tertiary/aromatic N) is 2. The molecule has 3 aliphatic heterocycles. The molecule has 3 rings (SSSR count). The molecule has 61 heavy (non-hydrogen) atoms. The zero-order valence-corrected chi connectivity index (χ0v) is 39.3. The van der Waals surface area contributed by atoms with Crippen molar-refractivity contribution in [1.29, 1.82) is 0 Å². The Hall–Kier alpha value is -2.29. The summed E-state index contributed by atoms with van der Waals surface area (Å²) in [5.41, 5.74) is -1.48. The smallest absolute Gasteiger partial charge is 0.309 e. The zero-order chi connectivity index (χ0) is 45.9. The molecule has 16 atom stereocenters. The fourth-order valence-corrected chi connectivity index (χ4v) is 9.05. The summed E-state index contributed by atoms with van der Waals surface area (Å²) in [6, 6.07) is -0.769. The third-order valence-electron chi connectivity index (χ3n) is 11.9. The second kappa shape index (κ2) is 24.1. The highest BCUT2D eigenvalue weighted by molar-refractivity contribution is 5.72. The molecule has 2 saturated heterocycles.